The highest BCUT2D eigenvalue weighted by Gasteiger charge is 2.39. The van der Waals surface area contributed by atoms with Gasteiger partial charge in [-0.05, 0) is 70.6 Å². The lowest BCUT2D eigenvalue weighted by molar-refractivity contribution is -0.193. The summed E-state index contributed by atoms with van der Waals surface area (Å²) in [5, 5.41) is 14.2. The lowest BCUT2D eigenvalue weighted by Crippen LogP contribution is -2.49. The van der Waals surface area contributed by atoms with E-state index < -0.39 is 24.3 Å². The number of piperidine rings is 2. The molecule has 0 aromatic carbocycles. The van der Waals surface area contributed by atoms with Crippen LogP contribution in [0.3, 0.4) is 0 Å². The number of likely N-dealkylation sites (tertiary alicyclic amines) is 2. The van der Waals surface area contributed by atoms with Gasteiger partial charge in [-0.15, -0.1) is 0 Å². The van der Waals surface area contributed by atoms with Gasteiger partial charge in [0, 0.05) is 32.6 Å². The van der Waals surface area contributed by atoms with Crippen molar-refractivity contribution in [3.05, 3.63) is 0 Å². The summed E-state index contributed by atoms with van der Waals surface area (Å²) in [6.07, 6.45) is -2.46. The Morgan fingerprint density at radius 3 is 1.49 bits per heavy atom. The average molecular weight is 521 g/mol. The van der Waals surface area contributed by atoms with E-state index >= 15 is 0 Å². The van der Waals surface area contributed by atoms with Gasteiger partial charge >= 0.3 is 24.3 Å². The van der Waals surface area contributed by atoms with Crippen LogP contribution >= 0.6 is 0 Å². The zero-order valence-corrected chi connectivity index (χ0v) is 19.7. The van der Waals surface area contributed by atoms with Gasteiger partial charge in [-0.1, -0.05) is 0 Å². The molecule has 0 spiro atoms. The summed E-state index contributed by atoms with van der Waals surface area (Å²) >= 11 is 0. The second kappa shape index (κ2) is 13.3. The highest BCUT2D eigenvalue weighted by Crippen LogP contribution is 2.31. The Bertz CT molecular complexity index is 673. The highest BCUT2D eigenvalue weighted by molar-refractivity contribution is 5.78. The Morgan fingerprint density at radius 2 is 1.17 bits per heavy atom. The van der Waals surface area contributed by atoms with Gasteiger partial charge in [0.05, 0.1) is 0 Å². The summed E-state index contributed by atoms with van der Waals surface area (Å²) in [5.74, 6) is -3.89. The van der Waals surface area contributed by atoms with E-state index in [1.165, 1.54) is 45.3 Å². The lowest BCUT2D eigenvalue weighted by atomic mass is 9.92. The van der Waals surface area contributed by atoms with E-state index in [9.17, 15) is 31.1 Å². The van der Waals surface area contributed by atoms with E-state index in [0.29, 0.717) is 5.91 Å². The summed E-state index contributed by atoms with van der Waals surface area (Å²) in [7, 11) is 3.76. The summed E-state index contributed by atoms with van der Waals surface area (Å²) < 4.78 is 63.5. The minimum Gasteiger partial charge on any atom is -0.475 e. The summed E-state index contributed by atoms with van der Waals surface area (Å²) in [6, 6.07) is 0.774. The first-order valence-corrected chi connectivity index (χ1v) is 11.3. The normalized spacial score (nSPS) is 20.7. The summed E-state index contributed by atoms with van der Waals surface area (Å²) in [6.45, 7) is 6.18. The van der Waals surface area contributed by atoms with Crippen LogP contribution in [-0.2, 0) is 14.4 Å². The third-order valence-electron chi connectivity index (χ3n) is 6.09. The molecule has 0 bridgehead atoms. The Balaban J connectivity index is 0.000000362. The maximum atomic E-state index is 12.0. The third-order valence-corrected chi connectivity index (χ3v) is 6.09. The number of amides is 1. The molecule has 2 saturated heterocycles. The fourth-order valence-electron chi connectivity index (χ4n) is 4.01. The minimum absolute atomic E-state index is 0.270. The zero-order valence-electron chi connectivity index (χ0n) is 19.7. The van der Waals surface area contributed by atoms with Crippen LogP contribution in [-0.4, -0.2) is 108 Å². The number of aliphatic carboxylic acids is 2. The number of hydrogen-bond donors (Lipinski definition) is 2. The number of nitrogens with zero attached hydrogens (tertiary/aromatic N) is 3. The third kappa shape index (κ3) is 11.9. The number of carbonyl (C=O) groups is 3. The molecule has 1 saturated carbocycles. The molecule has 0 atom stereocenters. The molecular formula is C21H33F6N3O5. The largest absolute Gasteiger partial charge is 0.490 e. The van der Waals surface area contributed by atoms with Crippen LogP contribution in [0.4, 0.5) is 26.3 Å². The number of halogens is 6. The molecule has 1 aliphatic carbocycles. The molecule has 3 rings (SSSR count). The lowest BCUT2D eigenvalue weighted by Gasteiger charge is -2.41. The smallest absolute Gasteiger partial charge is 0.475 e. The number of hydrogen-bond acceptors (Lipinski definition) is 5. The van der Waals surface area contributed by atoms with E-state index in [1.54, 1.807) is 4.90 Å². The molecule has 2 N–H and O–H groups in total. The Morgan fingerprint density at radius 1 is 0.771 bits per heavy atom. The van der Waals surface area contributed by atoms with Crippen LogP contribution in [0, 0.1) is 11.8 Å². The molecule has 0 aromatic rings. The summed E-state index contributed by atoms with van der Waals surface area (Å²) in [4.78, 5) is 36.9. The molecular weight excluding hydrogens is 488 g/mol. The van der Waals surface area contributed by atoms with Gasteiger partial charge in [0.2, 0.25) is 5.91 Å². The molecule has 14 heteroatoms. The van der Waals surface area contributed by atoms with Crippen molar-refractivity contribution >= 4 is 17.8 Å². The van der Waals surface area contributed by atoms with Crippen LogP contribution < -0.4 is 0 Å². The van der Waals surface area contributed by atoms with E-state index in [2.05, 4.69) is 9.80 Å². The fraction of sp³-hybridized carbons (Fsp3) is 0.857. The monoisotopic (exact) mass is 521 g/mol. The number of carboxylic acid groups (broad SMARTS) is 2. The SMILES string of the molecule is CN(C)C(=O)C1CCN(C2CCN(CC3CC3)CC2)CC1.O=C(O)C(F)(F)F.O=C(O)C(F)(F)F. The van der Waals surface area contributed by atoms with Crippen molar-refractivity contribution in [3.8, 4) is 0 Å². The molecule has 0 aromatic heterocycles. The molecule has 35 heavy (non-hydrogen) atoms. The van der Waals surface area contributed by atoms with E-state index in [0.717, 1.165) is 37.9 Å². The highest BCUT2D eigenvalue weighted by atomic mass is 19.4. The first kappa shape index (κ1) is 30.9. The second-order valence-corrected chi connectivity index (χ2v) is 9.12. The van der Waals surface area contributed by atoms with Gasteiger partial charge in [0.25, 0.3) is 0 Å². The van der Waals surface area contributed by atoms with Crippen LogP contribution in [0.25, 0.3) is 0 Å². The zero-order chi connectivity index (χ0) is 27.0. The van der Waals surface area contributed by atoms with Crippen molar-refractivity contribution in [2.75, 3.05) is 46.8 Å². The molecule has 1 amide bonds. The molecule has 0 unspecified atom stereocenters. The predicted octanol–water partition coefficient (Wildman–Crippen LogP) is 2.93. The van der Waals surface area contributed by atoms with E-state index in [4.69, 9.17) is 19.8 Å². The average Bonchev–Trinajstić information content (AvgIpc) is 3.57. The Kier molecular flexibility index (Phi) is 11.7. The minimum atomic E-state index is -5.08. The van der Waals surface area contributed by atoms with Gasteiger partial charge < -0.3 is 24.9 Å². The van der Waals surface area contributed by atoms with Crippen molar-refractivity contribution in [1.29, 1.82) is 0 Å². The van der Waals surface area contributed by atoms with Crippen LogP contribution in [0.5, 0.6) is 0 Å². The number of alkyl halides is 6. The molecule has 0 radical (unpaired) electrons. The van der Waals surface area contributed by atoms with Crippen LogP contribution in [0.2, 0.25) is 0 Å². The van der Waals surface area contributed by atoms with Crippen LogP contribution in [0.15, 0.2) is 0 Å². The topological polar surface area (TPSA) is 101 Å². The maximum absolute atomic E-state index is 12.0. The van der Waals surface area contributed by atoms with Gasteiger partial charge in [-0.2, -0.15) is 26.3 Å². The Hall–Kier alpha value is -2.09. The van der Waals surface area contributed by atoms with Gasteiger partial charge in [-0.25, -0.2) is 9.59 Å². The molecule has 2 heterocycles. The molecule has 204 valence electrons. The second-order valence-electron chi connectivity index (χ2n) is 9.12. The van der Waals surface area contributed by atoms with Gasteiger partial charge in [-0.3, -0.25) is 4.79 Å². The van der Waals surface area contributed by atoms with Crippen molar-refractivity contribution in [2.45, 2.75) is 56.9 Å². The maximum Gasteiger partial charge on any atom is 0.490 e. The van der Waals surface area contributed by atoms with Gasteiger partial charge in [0.15, 0.2) is 0 Å². The number of rotatable bonds is 4. The van der Waals surface area contributed by atoms with Crippen molar-refractivity contribution in [2.24, 2.45) is 11.8 Å². The van der Waals surface area contributed by atoms with Crippen molar-refractivity contribution in [1.82, 2.24) is 14.7 Å². The first-order valence-electron chi connectivity index (χ1n) is 11.3. The van der Waals surface area contributed by atoms with Gasteiger partial charge in [0.1, 0.15) is 0 Å². The molecule has 2 aliphatic heterocycles. The summed E-state index contributed by atoms with van der Waals surface area (Å²) in [5.41, 5.74) is 0. The van der Waals surface area contributed by atoms with Crippen LogP contribution in [0.1, 0.15) is 38.5 Å². The molecule has 8 nitrogen and oxygen atoms in total. The molecule has 3 fully saturated rings. The quantitative estimate of drug-likeness (QED) is 0.549. The number of carbonyl (C=O) groups excluding carboxylic acids is 1. The molecule has 3 aliphatic rings. The Labute approximate surface area is 199 Å². The first-order chi connectivity index (χ1) is 16.0. The van der Waals surface area contributed by atoms with E-state index in [1.807, 2.05) is 14.1 Å². The van der Waals surface area contributed by atoms with E-state index in [-0.39, 0.29) is 5.92 Å². The van der Waals surface area contributed by atoms with Crippen molar-refractivity contribution < 1.29 is 50.9 Å². The van der Waals surface area contributed by atoms with Crippen molar-refractivity contribution in [3.63, 3.8) is 0 Å². The number of carboxylic acids is 2. The predicted molar refractivity (Wildman–Crippen MR) is 113 cm³/mol. The fourth-order valence-corrected chi connectivity index (χ4v) is 4.01. The standard InChI is InChI=1S/C17H31N3O.2C2HF3O2/c1-18(2)17(21)15-5-11-20(12-6-15)16-7-9-19(10-8-16)13-14-3-4-14;2*3-2(4,5)1(6)7/h14-16H,3-13H2,1-2H3;2*(H,6,7).